The molecule has 0 amide bonds. The van der Waals surface area contributed by atoms with Crippen LogP contribution in [0.1, 0.15) is 17.0 Å². The van der Waals surface area contributed by atoms with E-state index in [2.05, 4.69) is 47.8 Å². The zero-order valence-electron chi connectivity index (χ0n) is 11.2. The highest BCUT2D eigenvalue weighted by Crippen LogP contribution is 2.39. The Labute approximate surface area is 123 Å². The maximum absolute atomic E-state index is 8.66. The largest absolute Gasteiger partial charge is 0.384 e. The summed E-state index contributed by atoms with van der Waals surface area (Å²) in [5, 5.41) is 12.2. The lowest BCUT2D eigenvalue weighted by Crippen LogP contribution is -2.12. The molecule has 1 unspecified atom stereocenters. The van der Waals surface area contributed by atoms with Gasteiger partial charge in [0.05, 0.1) is 12.5 Å². The number of thioether (sulfide) groups is 1. The predicted octanol–water partition coefficient (Wildman–Crippen LogP) is 4.05. The van der Waals surface area contributed by atoms with Crippen molar-refractivity contribution in [1.29, 1.82) is 5.26 Å². The Bertz CT molecular complexity index is 628. The van der Waals surface area contributed by atoms with Crippen molar-refractivity contribution < 1.29 is 0 Å². The van der Waals surface area contributed by atoms with Gasteiger partial charge in [-0.2, -0.15) is 5.26 Å². The maximum Gasteiger partial charge on any atom is 0.0669 e. The van der Waals surface area contributed by atoms with E-state index in [0.29, 0.717) is 12.3 Å². The standard InChI is InChI=1S/C17H16N2S/c18-10-9-13-5-7-15(8-6-13)19-11-14-12-20-17-4-2-1-3-16(14)17/h1-8,14,19H,9,11-12H2. The second kappa shape index (κ2) is 6.02. The molecule has 0 bridgehead atoms. The van der Waals surface area contributed by atoms with E-state index in [1.54, 1.807) is 0 Å². The number of nitrogens with one attached hydrogen (secondary N) is 1. The monoisotopic (exact) mass is 280 g/mol. The van der Waals surface area contributed by atoms with Crippen LogP contribution in [0.5, 0.6) is 0 Å². The van der Waals surface area contributed by atoms with Crippen molar-refractivity contribution in [3.8, 4) is 6.07 Å². The molecule has 0 aliphatic carbocycles. The lowest BCUT2D eigenvalue weighted by Gasteiger charge is -2.13. The summed E-state index contributed by atoms with van der Waals surface area (Å²) in [6.07, 6.45) is 0.479. The molecule has 20 heavy (non-hydrogen) atoms. The third-order valence-corrected chi connectivity index (χ3v) is 4.84. The molecule has 1 aliphatic heterocycles. The third kappa shape index (κ3) is 2.81. The first-order chi connectivity index (χ1) is 9.86. The van der Waals surface area contributed by atoms with Gasteiger partial charge in [-0.15, -0.1) is 11.8 Å². The molecule has 2 nitrogen and oxygen atoms in total. The van der Waals surface area contributed by atoms with Crippen molar-refractivity contribution in [2.24, 2.45) is 0 Å². The number of hydrogen-bond donors (Lipinski definition) is 1. The number of rotatable bonds is 4. The minimum Gasteiger partial charge on any atom is -0.384 e. The molecule has 0 saturated carbocycles. The zero-order valence-corrected chi connectivity index (χ0v) is 12.0. The Kier molecular flexibility index (Phi) is 3.94. The Morgan fingerprint density at radius 2 is 1.95 bits per heavy atom. The summed E-state index contributed by atoms with van der Waals surface area (Å²) >= 11 is 1.94. The Morgan fingerprint density at radius 1 is 1.15 bits per heavy atom. The van der Waals surface area contributed by atoms with Gasteiger partial charge < -0.3 is 5.32 Å². The van der Waals surface area contributed by atoms with E-state index < -0.39 is 0 Å². The molecular weight excluding hydrogens is 264 g/mol. The van der Waals surface area contributed by atoms with Crippen LogP contribution in [0.25, 0.3) is 0 Å². The van der Waals surface area contributed by atoms with Gasteiger partial charge in [0.15, 0.2) is 0 Å². The van der Waals surface area contributed by atoms with Crippen LogP contribution in [0.4, 0.5) is 5.69 Å². The molecule has 0 aromatic heterocycles. The topological polar surface area (TPSA) is 35.8 Å². The molecular formula is C17H16N2S. The molecule has 3 rings (SSSR count). The molecule has 2 aromatic rings. The van der Waals surface area contributed by atoms with Crippen LogP contribution in [0, 0.1) is 11.3 Å². The summed E-state index contributed by atoms with van der Waals surface area (Å²) in [6.45, 7) is 0.960. The molecule has 0 spiro atoms. The van der Waals surface area contributed by atoms with Crippen molar-refractivity contribution in [2.75, 3.05) is 17.6 Å². The highest BCUT2D eigenvalue weighted by atomic mass is 32.2. The van der Waals surface area contributed by atoms with Crippen LogP contribution < -0.4 is 5.32 Å². The highest BCUT2D eigenvalue weighted by Gasteiger charge is 2.22. The first kappa shape index (κ1) is 13.1. The van der Waals surface area contributed by atoms with E-state index in [0.717, 1.165) is 23.5 Å². The van der Waals surface area contributed by atoms with Crippen molar-refractivity contribution in [3.63, 3.8) is 0 Å². The fourth-order valence-corrected chi connectivity index (χ4v) is 3.73. The lowest BCUT2D eigenvalue weighted by molar-refractivity contribution is 0.819. The van der Waals surface area contributed by atoms with E-state index in [1.807, 2.05) is 23.9 Å². The fraction of sp³-hybridized carbons (Fsp3) is 0.235. The molecule has 1 N–H and O–H groups in total. The van der Waals surface area contributed by atoms with E-state index >= 15 is 0 Å². The van der Waals surface area contributed by atoms with E-state index in [9.17, 15) is 0 Å². The van der Waals surface area contributed by atoms with Crippen LogP contribution in [0.15, 0.2) is 53.4 Å². The summed E-state index contributed by atoms with van der Waals surface area (Å²) in [4.78, 5) is 1.42. The number of benzene rings is 2. The Balaban J connectivity index is 1.62. The number of anilines is 1. The van der Waals surface area contributed by atoms with Gasteiger partial charge in [-0.1, -0.05) is 30.3 Å². The predicted molar refractivity (Wildman–Crippen MR) is 84.2 cm³/mol. The van der Waals surface area contributed by atoms with Crippen molar-refractivity contribution in [2.45, 2.75) is 17.2 Å². The van der Waals surface area contributed by atoms with Gasteiger partial charge in [-0.05, 0) is 29.3 Å². The lowest BCUT2D eigenvalue weighted by atomic mass is 10.0. The number of nitrogens with zero attached hydrogens (tertiary/aromatic N) is 1. The summed E-state index contributed by atoms with van der Waals surface area (Å²) in [6, 6.07) is 19.0. The summed E-state index contributed by atoms with van der Waals surface area (Å²) in [5.74, 6) is 1.73. The molecule has 3 heteroatoms. The van der Waals surface area contributed by atoms with E-state index in [4.69, 9.17) is 5.26 Å². The first-order valence-corrected chi connectivity index (χ1v) is 7.77. The minimum atomic E-state index is 0.479. The molecule has 0 saturated heterocycles. The van der Waals surface area contributed by atoms with Crippen LogP contribution in [0.3, 0.4) is 0 Å². The van der Waals surface area contributed by atoms with Gasteiger partial charge in [-0.25, -0.2) is 0 Å². The molecule has 1 aliphatic rings. The molecule has 2 aromatic carbocycles. The number of hydrogen-bond acceptors (Lipinski definition) is 3. The Hall–Kier alpha value is -1.92. The van der Waals surface area contributed by atoms with Gasteiger partial charge in [-0.3, -0.25) is 0 Å². The van der Waals surface area contributed by atoms with E-state index in [-0.39, 0.29) is 0 Å². The van der Waals surface area contributed by atoms with Gasteiger partial charge in [0.2, 0.25) is 0 Å². The summed E-state index contributed by atoms with van der Waals surface area (Å²) < 4.78 is 0. The van der Waals surface area contributed by atoms with Gasteiger partial charge in [0.1, 0.15) is 0 Å². The van der Waals surface area contributed by atoms with E-state index in [1.165, 1.54) is 10.5 Å². The van der Waals surface area contributed by atoms with Gasteiger partial charge >= 0.3 is 0 Å². The third-order valence-electron chi connectivity index (χ3n) is 3.59. The summed E-state index contributed by atoms with van der Waals surface area (Å²) in [7, 11) is 0. The summed E-state index contributed by atoms with van der Waals surface area (Å²) in [5.41, 5.74) is 3.66. The molecule has 0 radical (unpaired) electrons. The van der Waals surface area contributed by atoms with Crippen LogP contribution >= 0.6 is 11.8 Å². The van der Waals surface area contributed by atoms with Crippen molar-refractivity contribution in [1.82, 2.24) is 0 Å². The average molecular weight is 280 g/mol. The Morgan fingerprint density at radius 3 is 2.75 bits per heavy atom. The van der Waals surface area contributed by atoms with Gasteiger partial charge in [0, 0.05) is 28.8 Å². The average Bonchev–Trinajstić information content (AvgIpc) is 2.90. The fourth-order valence-electron chi connectivity index (χ4n) is 2.47. The number of fused-ring (bicyclic) bond motifs is 1. The number of nitriles is 1. The smallest absolute Gasteiger partial charge is 0.0669 e. The minimum absolute atomic E-state index is 0.479. The molecule has 100 valence electrons. The zero-order chi connectivity index (χ0) is 13.8. The molecule has 1 heterocycles. The first-order valence-electron chi connectivity index (χ1n) is 6.78. The molecule has 0 fully saturated rings. The highest BCUT2D eigenvalue weighted by molar-refractivity contribution is 7.99. The second-order valence-corrected chi connectivity index (χ2v) is 6.02. The second-order valence-electron chi connectivity index (χ2n) is 4.96. The van der Waals surface area contributed by atoms with Gasteiger partial charge in [0.25, 0.3) is 0 Å². The molecule has 1 atom stereocenters. The SMILES string of the molecule is N#CCc1ccc(NCC2CSc3ccccc32)cc1. The van der Waals surface area contributed by atoms with Crippen LogP contribution in [-0.2, 0) is 6.42 Å². The van der Waals surface area contributed by atoms with Crippen LogP contribution in [0.2, 0.25) is 0 Å². The van der Waals surface area contributed by atoms with Crippen LogP contribution in [-0.4, -0.2) is 12.3 Å². The van der Waals surface area contributed by atoms with Crippen molar-refractivity contribution in [3.05, 3.63) is 59.7 Å². The quantitative estimate of drug-likeness (QED) is 0.917. The normalized spacial score (nSPS) is 16.4. The maximum atomic E-state index is 8.66. The van der Waals surface area contributed by atoms with Crippen molar-refractivity contribution >= 4 is 17.4 Å².